The number of morpholine rings is 1. The average Bonchev–Trinajstić information content (AvgIpc) is 2.75. The van der Waals surface area contributed by atoms with Crippen molar-refractivity contribution in [3.8, 4) is 0 Å². The summed E-state index contributed by atoms with van der Waals surface area (Å²) in [5, 5.41) is 6.62. The molecule has 2 aromatic carbocycles. The highest BCUT2D eigenvalue weighted by Gasteiger charge is 2.10. The van der Waals surface area contributed by atoms with E-state index in [1.165, 1.54) is 23.3 Å². The molecule has 0 unspecified atom stereocenters. The van der Waals surface area contributed by atoms with Crippen LogP contribution in [0.2, 0.25) is 0 Å². The molecule has 0 aliphatic carbocycles. The monoisotopic (exact) mass is 398 g/mol. The van der Waals surface area contributed by atoms with Crippen molar-refractivity contribution in [3.05, 3.63) is 71.0 Å². The van der Waals surface area contributed by atoms with E-state index in [0.717, 1.165) is 63.9 Å². The fourth-order valence-corrected chi connectivity index (χ4v) is 3.26. The molecule has 1 aliphatic heterocycles. The molecule has 5 nitrogen and oxygen atoms in total. The molecule has 3 rings (SSSR count). The maximum atomic E-state index is 13.0. The maximum Gasteiger partial charge on any atom is 0.191 e. The highest BCUT2D eigenvalue weighted by molar-refractivity contribution is 5.79. The molecule has 2 N–H and O–H groups in total. The lowest BCUT2D eigenvalue weighted by Crippen LogP contribution is -2.38. The minimum atomic E-state index is -0.201. The first-order valence-electron chi connectivity index (χ1n) is 10.4. The van der Waals surface area contributed by atoms with Crippen LogP contribution in [0.3, 0.4) is 0 Å². The number of guanidine groups is 1. The zero-order chi connectivity index (χ0) is 20.3. The van der Waals surface area contributed by atoms with Crippen LogP contribution in [0, 0.1) is 5.82 Å². The standard InChI is InChI=1S/C23H31FN4O/c1-2-25-23(26-12-11-19-7-9-22(24)10-8-19)27-17-20-3-5-21(6-4-20)18-28-13-15-29-16-14-28/h3-10H,2,11-18H2,1H3,(H2,25,26,27). The third-order valence-corrected chi connectivity index (χ3v) is 4.92. The van der Waals surface area contributed by atoms with Crippen LogP contribution in [0.4, 0.5) is 4.39 Å². The zero-order valence-electron chi connectivity index (χ0n) is 17.2. The van der Waals surface area contributed by atoms with E-state index in [1.54, 1.807) is 0 Å². The van der Waals surface area contributed by atoms with Gasteiger partial charge in [0.1, 0.15) is 5.82 Å². The maximum absolute atomic E-state index is 13.0. The van der Waals surface area contributed by atoms with Gasteiger partial charge in [-0.3, -0.25) is 4.90 Å². The Balaban J connectivity index is 1.47. The van der Waals surface area contributed by atoms with E-state index in [4.69, 9.17) is 4.74 Å². The van der Waals surface area contributed by atoms with Crippen molar-refractivity contribution in [1.29, 1.82) is 0 Å². The summed E-state index contributed by atoms with van der Waals surface area (Å²) in [6, 6.07) is 15.3. The Hall–Kier alpha value is -2.44. The van der Waals surface area contributed by atoms with E-state index < -0.39 is 0 Å². The molecule has 1 aliphatic rings. The second-order valence-corrected chi connectivity index (χ2v) is 7.20. The average molecular weight is 399 g/mol. The third kappa shape index (κ3) is 7.48. The largest absolute Gasteiger partial charge is 0.379 e. The topological polar surface area (TPSA) is 48.9 Å². The molecule has 1 saturated heterocycles. The van der Waals surface area contributed by atoms with E-state index in [9.17, 15) is 4.39 Å². The number of ether oxygens (including phenoxy) is 1. The van der Waals surface area contributed by atoms with Gasteiger partial charge in [0.2, 0.25) is 0 Å². The number of halogens is 1. The number of rotatable bonds is 8. The van der Waals surface area contributed by atoms with E-state index in [0.29, 0.717) is 6.54 Å². The van der Waals surface area contributed by atoms with Crippen LogP contribution < -0.4 is 10.6 Å². The molecule has 0 atom stereocenters. The normalized spacial score (nSPS) is 15.3. The van der Waals surface area contributed by atoms with Gasteiger partial charge in [0, 0.05) is 32.7 Å². The Morgan fingerprint density at radius 1 is 0.966 bits per heavy atom. The van der Waals surface area contributed by atoms with Crippen LogP contribution in [0.1, 0.15) is 23.6 Å². The molecule has 156 valence electrons. The second kappa shape index (κ2) is 11.5. The molecule has 6 heteroatoms. The van der Waals surface area contributed by atoms with E-state index in [1.807, 2.05) is 12.1 Å². The molecular formula is C23H31FN4O. The fraction of sp³-hybridized carbons (Fsp3) is 0.435. The molecule has 0 spiro atoms. The number of hydrogen-bond donors (Lipinski definition) is 2. The molecule has 0 saturated carbocycles. The van der Waals surface area contributed by atoms with Crippen molar-refractivity contribution in [3.63, 3.8) is 0 Å². The lowest BCUT2D eigenvalue weighted by Gasteiger charge is -2.26. The van der Waals surface area contributed by atoms with Gasteiger partial charge in [-0.1, -0.05) is 36.4 Å². The Morgan fingerprint density at radius 3 is 2.31 bits per heavy atom. The summed E-state index contributed by atoms with van der Waals surface area (Å²) in [6.07, 6.45) is 0.820. The van der Waals surface area contributed by atoms with Crippen LogP contribution in [0.25, 0.3) is 0 Å². The van der Waals surface area contributed by atoms with Crippen molar-refractivity contribution in [1.82, 2.24) is 15.5 Å². The summed E-state index contributed by atoms with van der Waals surface area (Å²) in [4.78, 5) is 7.10. The minimum absolute atomic E-state index is 0.201. The predicted molar refractivity (Wildman–Crippen MR) is 115 cm³/mol. The van der Waals surface area contributed by atoms with Gasteiger partial charge in [0.25, 0.3) is 0 Å². The second-order valence-electron chi connectivity index (χ2n) is 7.20. The molecule has 1 fully saturated rings. The summed E-state index contributed by atoms with van der Waals surface area (Å²) in [6.45, 7) is 8.87. The Morgan fingerprint density at radius 2 is 1.62 bits per heavy atom. The van der Waals surface area contributed by atoms with Crippen molar-refractivity contribution < 1.29 is 9.13 Å². The van der Waals surface area contributed by atoms with E-state index in [-0.39, 0.29) is 5.82 Å². The van der Waals surface area contributed by atoms with Crippen LogP contribution in [-0.2, 0) is 24.2 Å². The van der Waals surface area contributed by atoms with Gasteiger partial charge in [0.15, 0.2) is 5.96 Å². The third-order valence-electron chi connectivity index (χ3n) is 4.92. The summed E-state index contributed by atoms with van der Waals surface area (Å²) in [5.41, 5.74) is 3.61. The first-order valence-corrected chi connectivity index (χ1v) is 10.4. The summed E-state index contributed by atoms with van der Waals surface area (Å²) in [7, 11) is 0. The number of nitrogens with one attached hydrogen (secondary N) is 2. The molecule has 0 radical (unpaired) electrons. The Bertz CT molecular complexity index is 755. The molecule has 0 bridgehead atoms. The molecule has 2 aromatic rings. The van der Waals surface area contributed by atoms with E-state index >= 15 is 0 Å². The Kier molecular flexibility index (Phi) is 8.46. The van der Waals surface area contributed by atoms with Crippen LogP contribution in [0.5, 0.6) is 0 Å². The van der Waals surface area contributed by atoms with Crippen molar-refractivity contribution in [2.45, 2.75) is 26.4 Å². The summed E-state index contributed by atoms with van der Waals surface area (Å²) < 4.78 is 18.4. The molecule has 0 amide bonds. The highest BCUT2D eigenvalue weighted by atomic mass is 19.1. The van der Waals surface area contributed by atoms with Crippen LogP contribution in [-0.4, -0.2) is 50.3 Å². The molecule has 29 heavy (non-hydrogen) atoms. The van der Waals surface area contributed by atoms with Gasteiger partial charge >= 0.3 is 0 Å². The summed E-state index contributed by atoms with van der Waals surface area (Å²) >= 11 is 0. The quantitative estimate of drug-likeness (QED) is 0.530. The zero-order valence-corrected chi connectivity index (χ0v) is 17.2. The van der Waals surface area contributed by atoms with Crippen molar-refractivity contribution >= 4 is 5.96 Å². The molecular weight excluding hydrogens is 367 g/mol. The van der Waals surface area contributed by atoms with Gasteiger partial charge in [0.05, 0.1) is 19.8 Å². The number of nitrogens with zero attached hydrogens (tertiary/aromatic N) is 2. The predicted octanol–water partition coefficient (Wildman–Crippen LogP) is 2.96. The van der Waals surface area contributed by atoms with Gasteiger partial charge in [-0.15, -0.1) is 0 Å². The lowest BCUT2D eigenvalue weighted by atomic mass is 10.1. The van der Waals surface area contributed by atoms with Crippen LogP contribution in [0.15, 0.2) is 53.5 Å². The van der Waals surface area contributed by atoms with Crippen LogP contribution >= 0.6 is 0 Å². The minimum Gasteiger partial charge on any atom is -0.379 e. The first kappa shape index (κ1) is 21.3. The Labute approximate surface area is 173 Å². The van der Waals surface area contributed by atoms with Crippen molar-refractivity contribution in [2.24, 2.45) is 4.99 Å². The van der Waals surface area contributed by atoms with Gasteiger partial charge < -0.3 is 15.4 Å². The molecule has 1 heterocycles. The smallest absolute Gasteiger partial charge is 0.191 e. The molecule has 0 aromatic heterocycles. The van der Waals surface area contributed by atoms with Gasteiger partial charge in [-0.05, 0) is 42.2 Å². The highest BCUT2D eigenvalue weighted by Crippen LogP contribution is 2.10. The fourth-order valence-electron chi connectivity index (χ4n) is 3.26. The number of benzene rings is 2. The lowest BCUT2D eigenvalue weighted by molar-refractivity contribution is 0.0342. The van der Waals surface area contributed by atoms with Gasteiger partial charge in [-0.25, -0.2) is 9.38 Å². The first-order chi connectivity index (χ1) is 14.2. The van der Waals surface area contributed by atoms with Crippen molar-refractivity contribution in [2.75, 3.05) is 39.4 Å². The summed E-state index contributed by atoms with van der Waals surface area (Å²) in [5.74, 6) is 0.597. The SMILES string of the molecule is CCNC(=NCc1ccc(CN2CCOCC2)cc1)NCCc1ccc(F)cc1. The van der Waals surface area contributed by atoms with E-state index in [2.05, 4.69) is 51.7 Å². The number of aliphatic imine (C=N–C) groups is 1. The van der Waals surface area contributed by atoms with Gasteiger partial charge in [-0.2, -0.15) is 0 Å². The number of hydrogen-bond acceptors (Lipinski definition) is 3.